The number of ether oxygens (including phenoxy) is 1. The van der Waals surface area contributed by atoms with E-state index >= 15 is 0 Å². The number of hydrogen-bond donors (Lipinski definition) is 2. The molecule has 1 heterocycles. The molecule has 0 radical (unpaired) electrons. The van der Waals surface area contributed by atoms with E-state index in [1.807, 2.05) is 0 Å². The van der Waals surface area contributed by atoms with Crippen molar-refractivity contribution in [3.63, 3.8) is 0 Å². The second kappa shape index (κ2) is 9.14. The largest absolute Gasteiger partial charge is 0.492 e. The molecular formula is C16H16ClN3O3S. The topological polar surface area (TPSA) is 94.3 Å². The Morgan fingerprint density at radius 2 is 2.00 bits per heavy atom. The minimum absolute atomic E-state index is 0.0664. The molecule has 0 spiro atoms. The van der Waals surface area contributed by atoms with Crippen molar-refractivity contribution >= 4 is 35.2 Å². The van der Waals surface area contributed by atoms with Crippen LogP contribution in [0.25, 0.3) is 0 Å². The van der Waals surface area contributed by atoms with Crippen molar-refractivity contribution in [2.45, 2.75) is 5.03 Å². The van der Waals surface area contributed by atoms with E-state index in [4.69, 9.17) is 22.1 Å². The van der Waals surface area contributed by atoms with Gasteiger partial charge in [-0.25, -0.2) is 4.98 Å². The van der Waals surface area contributed by atoms with Crippen molar-refractivity contribution in [2.75, 3.05) is 18.9 Å². The predicted molar refractivity (Wildman–Crippen MR) is 93.4 cm³/mol. The van der Waals surface area contributed by atoms with Gasteiger partial charge in [-0.2, -0.15) is 0 Å². The molecular weight excluding hydrogens is 350 g/mol. The minimum Gasteiger partial charge on any atom is -0.492 e. The van der Waals surface area contributed by atoms with E-state index in [0.717, 1.165) is 11.8 Å². The molecule has 2 aromatic rings. The number of primary amides is 1. The molecule has 3 N–H and O–H groups in total. The summed E-state index contributed by atoms with van der Waals surface area (Å²) in [4.78, 5) is 27.2. The highest BCUT2D eigenvalue weighted by Gasteiger charge is 2.13. The highest BCUT2D eigenvalue weighted by Crippen LogP contribution is 2.19. The Balaban J connectivity index is 1.84. The number of carbonyl (C=O) groups is 2. The van der Waals surface area contributed by atoms with Gasteiger partial charge in [-0.05, 0) is 36.4 Å². The standard InChI is InChI=1S/C16H16ClN3O3S/c17-11-3-5-12(6-4-11)23-9-8-19-15(22)13-2-1-7-20-16(13)24-10-14(18)21/h1-7H,8-10H2,(H2,18,21)(H,19,22). The Bertz CT molecular complexity index is 710. The Labute approximate surface area is 148 Å². The minimum atomic E-state index is -0.464. The number of thioether (sulfide) groups is 1. The summed E-state index contributed by atoms with van der Waals surface area (Å²) in [5.41, 5.74) is 5.51. The number of nitrogens with two attached hydrogens (primary N) is 1. The lowest BCUT2D eigenvalue weighted by molar-refractivity contribution is -0.115. The maximum Gasteiger partial charge on any atom is 0.254 e. The van der Waals surface area contributed by atoms with Crippen molar-refractivity contribution in [1.29, 1.82) is 0 Å². The summed E-state index contributed by atoms with van der Waals surface area (Å²) in [6.45, 7) is 0.647. The van der Waals surface area contributed by atoms with Gasteiger partial charge in [0.25, 0.3) is 5.91 Å². The van der Waals surface area contributed by atoms with E-state index in [0.29, 0.717) is 34.5 Å². The van der Waals surface area contributed by atoms with E-state index in [2.05, 4.69) is 10.3 Å². The lowest BCUT2D eigenvalue weighted by atomic mass is 10.2. The highest BCUT2D eigenvalue weighted by molar-refractivity contribution is 8.00. The molecule has 0 bridgehead atoms. The number of nitrogens with one attached hydrogen (secondary N) is 1. The first kappa shape index (κ1) is 18.1. The Morgan fingerprint density at radius 3 is 2.71 bits per heavy atom. The van der Waals surface area contributed by atoms with Crippen molar-refractivity contribution < 1.29 is 14.3 Å². The summed E-state index contributed by atoms with van der Waals surface area (Å²) < 4.78 is 5.50. The zero-order chi connectivity index (χ0) is 17.4. The third kappa shape index (κ3) is 5.75. The Kier molecular flexibility index (Phi) is 6.89. The van der Waals surface area contributed by atoms with Crippen molar-refractivity contribution in [2.24, 2.45) is 5.73 Å². The molecule has 2 amide bonds. The molecule has 24 heavy (non-hydrogen) atoms. The highest BCUT2D eigenvalue weighted by atomic mass is 35.5. The Morgan fingerprint density at radius 1 is 1.25 bits per heavy atom. The van der Waals surface area contributed by atoms with Crippen LogP contribution in [0.1, 0.15) is 10.4 Å². The van der Waals surface area contributed by atoms with Gasteiger partial charge in [-0.3, -0.25) is 9.59 Å². The van der Waals surface area contributed by atoms with E-state index in [1.165, 1.54) is 0 Å². The number of aromatic nitrogens is 1. The van der Waals surface area contributed by atoms with Crippen LogP contribution in [0.2, 0.25) is 5.02 Å². The lowest BCUT2D eigenvalue weighted by Gasteiger charge is -2.09. The van der Waals surface area contributed by atoms with Crippen molar-refractivity contribution in [1.82, 2.24) is 10.3 Å². The van der Waals surface area contributed by atoms with Crippen LogP contribution in [0.5, 0.6) is 5.75 Å². The Hall–Kier alpha value is -2.25. The second-order valence-corrected chi connectivity index (χ2v) is 6.07. The maximum absolute atomic E-state index is 12.2. The molecule has 0 aliphatic carbocycles. The van der Waals surface area contributed by atoms with Crippen LogP contribution in [0.3, 0.4) is 0 Å². The normalized spacial score (nSPS) is 10.2. The molecule has 0 unspecified atom stereocenters. The summed E-state index contributed by atoms with van der Waals surface area (Å²) in [5, 5.41) is 3.85. The molecule has 1 aromatic carbocycles. The van der Waals surface area contributed by atoms with Crippen LogP contribution in [0.15, 0.2) is 47.6 Å². The SMILES string of the molecule is NC(=O)CSc1ncccc1C(=O)NCCOc1ccc(Cl)cc1. The zero-order valence-electron chi connectivity index (χ0n) is 12.7. The quantitative estimate of drug-likeness (QED) is 0.552. The number of halogens is 1. The molecule has 6 nitrogen and oxygen atoms in total. The monoisotopic (exact) mass is 365 g/mol. The second-order valence-electron chi connectivity index (χ2n) is 4.67. The third-order valence-corrected chi connectivity index (χ3v) is 4.12. The van der Waals surface area contributed by atoms with Crippen LogP contribution in [-0.4, -0.2) is 35.7 Å². The van der Waals surface area contributed by atoms with Gasteiger partial charge < -0.3 is 15.8 Å². The van der Waals surface area contributed by atoms with Gasteiger partial charge in [0.05, 0.1) is 17.9 Å². The third-order valence-electron chi connectivity index (χ3n) is 2.84. The first-order chi connectivity index (χ1) is 11.6. The molecule has 126 valence electrons. The zero-order valence-corrected chi connectivity index (χ0v) is 14.3. The number of hydrogen-bond acceptors (Lipinski definition) is 5. The molecule has 0 aliphatic heterocycles. The van der Waals surface area contributed by atoms with Crippen molar-refractivity contribution in [3.8, 4) is 5.75 Å². The van der Waals surface area contributed by atoms with E-state index in [1.54, 1.807) is 42.6 Å². The molecule has 2 rings (SSSR count). The van der Waals surface area contributed by atoms with Crippen LogP contribution in [0, 0.1) is 0 Å². The fraction of sp³-hybridized carbons (Fsp3) is 0.188. The number of amides is 2. The first-order valence-electron chi connectivity index (χ1n) is 7.09. The molecule has 1 aromatic heterocycles. The summed E-state index contributed by atoms with van der Waals surface area (Å²) in [7, 11) is 0. The van der Waals surface area contributed by atoms with E-state index in [-0.39, 0.29) is 11.7 Å². The van der Waals surface area contributed by atoms with Gasteiger partial charge in [-0.15, -0.1) is 0 Å². The molecule has 0 saturated carbocycles. The van der Waals surface area contributed by atoms with Gasteiger partial charge in [0.1, 0.15) is 17.4 Å². The molecule has 0 fully saturated rings. The summed E-state index contributed by atoms with van der Waals surface area (Å²) in [6, 6.07) is 10.3. The average Bonchev–Trinajstić information content (AvgIpc) is 2.58. The average molecular weight is 366 g/mol. The van der Waals surface area contributed by atoms with Crippen LogP contribution in [-0.2, 0) is 4.79 Å². The molecule has 0 atom stereocenters. The van der Waals surface area contributed by atoms with Gasteiger partial charge in [0.15, 0.2) is 0 Å². The van der Waals surface area contributed by atoms with E-state index < -0.39 is 5.91 Å². The fourth-order valence-electron chi connectivity index (χ4n) is 1.78. The van der Waals surface area contributed by atoms with Crippen LogP contribution in [0.4, 0.5) is 0 Å². The van der Waals surface area contributed by atoms with E-state index in [9.17, 15) is 9.59 Å². The molecule has 0 saturated heterocycles. The van der Waals surface area contributed by atoms with Crippen LogP contribution < -0.4 is 15.8 Å². The summed E-state index contributed by atoms with van der Waals surface area (Å²) in [6.07, 6.45) is 1.56. The van der Waals surface area contributed by atoms with Gasteiger partial charge in [-0.1, -0.05) is 23.4 Å². The number of rotatable bonds is 8. The number of carbonyl (C=O) groups excluding carboxylic acids is 2. The number of benzene rings is 1. The van der Waals surface area contributed by atoms with Crippen LogP contribution >= 0.6 is 23.4 Å². The lowest BCUT2D eigenvalue weighted by Crippen LogP contribution is -2.28. The number of nitrogens with zero attached hydrogens (tertiary/aromatic N) is 1. The summed E-state index contributed by atoms with van der Waals surface area (Å²) >= 11 is 6.92. The smallest absolute Gasteiger partial charge is 0.254 e. The maximum atomic E-state index is 12.2. The predicted octanol–water partition coefficient (Wildman–Crippen LogP) is 2.12. The summed E-state index contributed by atoms with van der Waals surface area (Å²) in [5.74, 6) is -0.00682. The van der Waals surface area contributed by atoms with Gasteiger partial charge in [0, 0.05) is 11.2 Å². The van der Waals surface area contributed by atoms with Gasteiger partial charge in [0.2, 0.25) is 5.91 Å². The molecule has 8 heteroatoms. The fourth-order valence-corrected chi connectivity index (χ4v) is 2.63. The molecule has 0 aliphatic rings. The van der Waals surface area contributed by atoms with Gasteiger partial charge >= 0.3 is 0 Å². The first-order valence-corrected chi connectivity index (χ1v) is 8.45. The number of pyridine rings is 1. The van der Waals surface area contributed by atoms with Crippen molar-refractivity contribution in [3.05, 3.63) is 53.2 Å².